The maximum absolute atomic E-state index is 12.7. The average Bonchev–Trinajstić information content (AvgIpc) is 3.30. The second kappa shape index (κ2) is 10.0. The fourth-order valence-electron chi connectivity index (χ4n) is 4.43. The van der Waals surface area contributed by atoms with Gasteiger partial charge in [-0.3, -0.25) is 14.6 Å². The fraction of sp³-hybridized carbons (Fsp3) is 0.240. The van der Waals surface area contributed by atoms with Gasteiger partial charge in [0.2, 0.25) is 11.7 Å². The number of fused-ring (bicyclic) bond motifs is 1. The topological polar surface area (TPSA) is 147 Å². The van der Waals surface area contributed by atoms with Crippen LogP contribution in [0.5, 0.6) is 17.2 Å². The first-order valence-electron chi connectivity index (χ1n) is 11.1. The van der Waals surface area contributed by atoms with Crippen molar-refractivity contribution in [1.82, 2.24) is 9.78 Å². The number of hydrogen-bond acceptors (Lipinski definition) is 8. The molecule has 0 saturated heterocycles. The number of primary amides is 1. The monoisotopic (exact) mass is 492 g/mol. The Morgan fingerprint density at radius 1 is 1.14 bits per heavy atom. The molecule has 0 fully saturated rings. The number of carbonyl (C=O) groups excluding carboxylic acids is 2. The van der Waals surface area contributed by atoms with Crippen molar-refractivity contribution in [2.45, 2.75) is 12.5 Å². The number of rotatable bonds is 8. The number of amides is 2. The third kappa shape index (κ3) is 4.20. The summed E-state index contributed by atoms with van der Waals surface area (Å²) in [6, 6.07) is 10.4. The zero-order valence-corrected chi connectivity index (χ0v) is 20.3. The summed E-state index contributed by atoms with van der Waals surface area (Å²) in [6.45, 7) is 3.95. The Kier molecular flexibility index (Phi) is 6.84. The van der Waals surface area contributed by atoms with Crippen molar-refractivity contribution >= 4 is 23.3 Å². The van der Waals surface area contributed by atoms with Crippen LogP contribution >= 0.6 is 0 Å². The highest BCUT2D eigenvalue weighted by molar-refractivity contribution is 6.04. The molecular formula is C25H28N6O5. The van der Waals surface area contributed by atoms with Crippen molar-refractivity contribution in [3.05, 3.63) is 60.2 Å². The highest BCUT2D eigenvalue weighted by Gasteiger charge is 2.35. The molecule has 11 nitrogen and oxygen atoms in total. The summed E-state index contributed by atoms with van der Waals surface area (Å²) in [5, 5.41) is 9.10. The zero-order chi connectivity index (χ0) is 26.0. The van der Waals surface area contributed by atoms with E-state index in [4.69, 9.17) is 30.9 Å². The van der Waals surface area contributed by atoms with Gasteiger partial charge in [-0.2, -0.15) is 5.10 Å². The van der Waals surface area contributed by atoms with Gasteiger partial charge >= 0.3 is 0 Å². The molecule has 2 heterocycles. The van der Waals surface area contributed by atoms with Crippen molar-refractivity contribution in [2.75, 3.05) is 38.2 Å². The van der Waals surface area contributed by atoms with E-state index in [1.54, 1.807) is 22.9 Å². The summed E-state index contributed by atoms with van der Waals surface area (Å²) in [6.07, 6.45) is 1.77. The van der Waals surface area contributed by atoms with E-state index in [-0.39, 0.29) is 17.5 Å². The quantitative estimate of drug-likeness (QED) is 0.321. The van der Waals surface area contributed by atoms with Crippen LogP contribution in [0.3, 0.4) is 0 Å². The molecule has 0 bridgehead atoms. The summed E-state index contributed by atoms with van der Waals surface area (Å²) in [5.74, 6) is 6.86. The van der Waals surface area contributed by atoms with Crippen molar-refractivity contribution in [2.24, 2.45) is 11.6 Å². The Bertz CT molecular complexity index is 1310. The van der Waals surface area contributed by atoms with Gasteiger partial charge in [-0.1, -0.05) is 24.8 Å². The minimum atomic E-state index is -0.690. The van der Waals surface area contributed by atoms with E-state index in [1.165, 1.54) is 32.4 Å². The van der Waals surface area contributed by atoms with Crippen LogP contribution in [0.15, 0.2) is 49.1 Å². The third-order valence-electron chi connectivity index (χ3n) is 6.04. The van der Waals surface area contributed by atoms with E-state index in [9.17, 15) is 9.59 Å². The minimum Gasteiger partial charge on any atom is -0.493 e. The number of nitrogens with zero attached hydrogens (tertiary/aromatic N) is 3. The van der Waals surface area contributed by atoms with Gasteiger partial charge in [-0.25, -0.2) is 10.5 Å². The number of nitrogens with two attached hydrogens (primary N) is 2. The minimum absolute atomic E-state index is 0.157. The zero-order valence-electron chi connectivity index (χ0n) is 20.3. The Balaban J connectivity index is 1.94. The first-order valence-corrected chi connectivity index (χ1v) is 11.1. The van der Waals surface area contributed by atoms with E-state index in [2.05, 4.69) is 11.9 Å². The molecule has 1 aliphatic rings. The van der Waals surface area contributed by atoms with Crippen LogP contribution in [-0.2, 0) is 4.79 Å². The fourth-order valence-corrected chi connectivity index (χ4v) is 4.43. The van der Waals surface area contributed by atoms with Crippen LogP contribution < -0.4 is 36.1 Å². The maximum Gasteiger partial charge on any atom is 0.254 e. The molecule has 0 saturated carbocycles. The van der Waals surface area contributed by atoms with E-state index in [1.807, 2.05) is 18.2 Å². The van der Waals surface area contributed by atoms with Gasteiger partial charge in [0.05, 0.1) is 27.4 Å². The number of hydrazine groups is 1. The van der Waals surface area contributed by atoms with Gasteiger partial charge in [0.1, 0.15) is 11.3 Å². The standard InChI is InChI=1S/C25H28N6O5/c1-5-20(32)28-16-9-7-6-8-15(16)17-10-11-30(27)25-21(24(26)33)22(29-31(17)25)14-12-18(34-2)23(36-4)19(13-14)35-3/h5-9,12-13,17H,1,10-11,27H2,2-4H3,(H2,26,33)(H,28,32). The van der Waals surface area contributed by atoms with Gasteiger partial charge in [0.15, 0.2) is 17.3 Å². The van der Waals surface area contributed by atoms with Gasteiger partial charge in [0, 0.05) is 23.4 Å². The van der Waals surface area contributed by atoms with Crippen LogP contribution in [0.2, 0.25) is 0 Å². The van der Waals surface area contributed by atoms with E-state index < -0.39 is 5.91 Å². The molecule has 3 aromatic rings. The predicted octanol–water partition coefficient (Wildman–Crippen LogP) is 2.47. The summed E-state index contributed by atoms with van der Waals surface area (Å²) < 4.78 is 18.0. The molecule has 5 N–H and O–H groups in total. The summed E-state index contributed by atoms with van der Waals surface area (Å²) in [7, 11) is 4.50. The van der Waals surface area contributed by atoms with Crippen LogP contribution in [0.25, 0.3) is 11.3 Å². The number of para-hydroxylation sites is 1. The molecule has 4 rings (SSSR count). The number of methoxy groups -OCH3 is 3. The Labute approximate surface area is 208 Å². The third-order valence-corrected chi connectivity index (χ3v) is 6.04. The van der Waals surface area contributed by atoms with E-state index in [0.29, 0.717) is 53.0 Å². The average molecular weight is 493 g/mol. The molecule has 1 aliphatic heterocycles. The smallest absolute Gasteiger partial charge is 0.254 e. The van der Waals surface area contributed by atoms with E-state index >= 15 is 0 Å². The number of hydrogen-bond donors (Lipinski definition) is 3. The number of benzene rings is 2. The Morgan fingerprint density at radius 3 is 2.39 bits per heavy atom. The molecule has 1 unspecified atom stereocenters. The lowest BCUT2D eigenvalue weighted by molar-refractivity contribution is -0.111. The lowest BCUT2D eigenvalue weighted by atomic mass is 9.99. The molecule has 36 heavy (non-hydrogen) atoms. The van der Waals surface area contributed by atoms with Gasteiger partial charge < -0.3 is 25.3 Å². The van der Waals surface area contributed by atoms with Crippen molar-refractivity contribution in [3.8, 4) is 28.5 Å². The number of anilines is 2. The first-order chi connectivity index (χ1) is 17.3. The molecule has 1 aromatic heterocycles. The van der Waals surface area contributed by atoms with E-state index in [0.717, 1.165) is 5.56 Å². The second-order valence-corrected chi connectivity index (χ2v) is 8.05. The molecule has 188 valence electrons. The van der Waals surface area contributed by atoms with Gasteiger partial charge in [0.25, 0.3) is 5.91 Å². The predicted molar refractivity (Wildman–Crippen MR) is 135 cm³/mol. The summed E-state index contributed by atoms with van der Waals surface area (Å²) in [4.78, 5) is 24.8. The molecule has 1 atom stereocenters. The highest BCUT2D eigenvalue weighted by Crippen LogP contribution is 2.44. The Hall–Kier alpha value is -4.51. The van der Waals surface area contributed by atoms with Crippen molar-refractivity contribution in [3.63, 3.8) is 0 Å². The normalized spacial score (nSPS) is 14.6. The molecule has 0 radical (unpaired) electrons. The summed E-state index contributed by atoms with van der Waals surface area (Å²) >= 11 is 0. The first kappa shape index (κ1) is 24.6. The molecule has 0 aliphatic carbocycles. The number of ether oxygens (including phenoxy) is 3. The number of nitrogens with one attached hydrogen (secondary N) is 1. The molecular weight excluding hydrogens is 464 g/mol. The summed E-state index contributed by atoms with van der Waals surface area (Å²) in [5.41, 5.74) is 8.25. The maximum atomic E-state index is 12.7. The lowest BCUT2D eigenvalue weighted by Crippen LogP contribution is -2.41. The van der Waals surface area contributed by atoms with Crippen LogP contribution in [0.4, 0.5) is 11.5 Å². The molecule has 11 heteroatoms. The van der Waals surface area contributed by atoms with Crippen molar-refractivity contribution in [1.29, 1.82) is 0 Å². The Morgan fingerprint density at radius 2 is 1.81 bits per heavy atom. The SMILES string of the molecule is C=CC(=O)Nc1ccccc1C1CCN(N)c2c(C(N)=O)c(-c3cc(OC)c(OC)c(OC)c3)nn21. The van der Waals surface area contributed by atoms with Crippen LogP contribution in [0, 0.1) is 0 Å². The largest absolute Gasteiger partial charge is 0.493 e. The van der Waals surface area contributed by atoms with Crippen molar-refractivity contribution < 1.29 is 23.8 Å². The highest BCUT2D eigenvalue weighted by atomic mass is 16.5. The van der Waals surface area contributed by atoms with Crippen LogP contribution in [0.1, 0.15) is 28.4 Å². The van der Waals surface area contributed by atoms with Gasteiger partial charge in [-0.15, -0.1) is 0 Å². The molecule has 2 amide bonds. The van der Waals surface area contributed by atoms with Crippen LogP contribution in [-0.4, -0.2) is 49.5 Å². The number of carbonyl (C=O) groups is 2. The molecule has 0 spiro atoms. The second-order valence-electron chi connectivity index (χ2n) is 8.05. The van der Waals surface area contributed by atoms with Gasteiger partial charge in [-0.05, 0) is 30.7 Å². The number of aromatic nitrogens is 2. The lowest BCUT2D eigenvalue weighted by Gasteiger charge is -2.32. The molecule has 2 aromatic carbocycles.